The number of benzene rings is 2. The molecule has 2 aliphatic rings. The average Bonchev–Trinajstić information content (AvgIpc) is 3.01. The van der Waals surface area contributed by atoms with Gasteiger partial charge in [0.1, 0.15) is 6.54 Å². The number of halogens is 1. The van der Waals surface area contributed by atoms with E-state index in [1.807, 2.05) is 0 Å². The molecule has 3 amide bonds. The topological polar surface area (TPSA) is 104 Å². The van der Waals surface area contributed by atoms with Crippen molar-refractivity contribution in [3.8, 4) is 0 Å². The third kappa shape index (κ3) is 4.08. The minimum Gasteiger partial charge on any atom is -0.323 e. The molecule has 2 aromatic rings. The number of fused-ring (bicyclic) bond motifs is 1. The van der Waals surface area contributed by atoms with E-state index in [2.05, 4.69) is 5.32 Å². The monoisotopic (exact) mass is 461 g/mol. The van der Waals surface area contributed by atoms with Crippen molar-refractivity contribution in [2.75, 3.05) is 25.0 Å². The molecule has 2 heterocycles. The zero-order chi connectivity index (χ0) is 22.2. The average molecular weight is 462 g/mol. The molecule has 1 saturated heterocycles. The molecule has 4 rings (SSSR count). The maximum Gasteiger partial charge on any atom is 0.262 e. The lowest BCUT2D eigenvalue weighted by Gasteiger charge is -2.26. The van der Waals surface area contributed by atoms with Crippen LogP contribution in [0.15, 0.2) is 47.4 Å². The first kappa shape index (κ1) is 21.5. The van der Waals surface area contributed by atoms with Crippen LogP contribution >= 0.6 is 11.6 Å². The Bertz CT molecular complexity index is 1140. The SMILES string of the molecule is O=C(CN1C(=O)c2ccccc2C1=O)Nc1cc(S(=O)(=O)N2CCCCC2)ccc1Cl. The fourth-order valence-corrected chi connectivity index (χ4v) is 5.44. The summed E-state index contributed by atoms with van der Waals surface area (Å²) >= 11 is 6.15. The van der Waals surface area contributed by atoms with Gasteiger partial charge in [-0.25, -0.2) is 8.42 Å². The lowest BCUT2D eigenvalue weighted by atomic mass is 10.1. The van der Waals surface area contributed by atoms with Crippen molar-refractivity contribution in [3.05, 3.63) is 58.6 Å². The van der Waals surface area contributed by atoms with Gasteiger partial charge in [0.2, 0.25) is 15.9 Å². The molecular weight excluding hydrogens is 442 g/mol. The fourth-order valence-electron chi connectivity index (χ4n) is 3.73. The Kier molecular flexibility index (Phi) is 5.83. The van der Waals surface area contributed by atoms with Gasteiger partial charge in [0, 0.05) is 13.1 Å². The summed E-state index contributed by atoms with van der Waals surface area (Å²) in [5.74, 6) is -1.77. The van der Waals surface area contributed by atoms with Crippen LogP contribution in [0.5, 0.6) is 0 Å². The number of sulfonamides is 1. The number of imide groups is 1. The van der Waals surface area contributed by atoms with Crippen LogP contribution in [0, 0.1) is 0 Å². The lowest BCUT2D eigenvalue weighted by molar-refractivity contribution is -0.116. The van der Waals surface area contributed by atoms with Crippen LogP contribution in [0.2, 0.25) is 5.02 Å². The summed E-state index contributed by atoms with van der Waals surface area (Å²) in [6.07, 6.45) is 2.60. The van der Waals surface area contributed by atoms with Gasteiger partial charge >= 0.3 is 0 Å². The van der Waals surface area contributed by atoms with Gasteiger partial charge in [-0.2, -0.15) is 4.31 Å². The Labute approximate surface area is 184 Å². The van der Waals surface area contributed by atoms with E-state index in [9.17, 15) is 22.8 Å². The van der Waals surface area contributed by atoms with E-state index in [0.717, 1.165) is 24.2 Å². The number of anilines is 1. The molecular formula is C21H20ClN3O5S. The van der Waals surface area contributed by atoms with Crippen molar-refractivity contribution >= 4 is 45.0 Å². The lowest BCUT2D eigenvalue weighted by Crippen LogP contribution is -2.37. The van der Waals surface area contributed by atoms with E-state index >= 15 is 0 Å². The number of nitrogens with zero attached hydrogens (tertiary/aromatic N) is 2. The molecule has 2 aromatic carbocycles. The second kappa shape index (κ2) is 8.41. The van der Waals surface area contributed by atoms with Crippen LogP contribution in [-0.2, 0) is 14.8 Å². The first-order valence-corrected chi connectivity index (χ1v) is 11.7. The Hall–Kier alpha value is -2.75. The van der Waals surface area contributed by atoms with Gasteiger partial charge in [0.25, 0.3) is 11.8 Å². The van der Waals surface area contributed by atoms with Crippen molar-refractivity contribution in [2.24, 2.45) is 0 Å². The Balaban J connectivity index is 1.51. The van der Waals surface area contributed by atoms with Crippen molar-refractivity contribution < 1.29 is 22.8 Å². The number of rotatable bonds is 5. The molecule has 0 radical (unpaired) electrons. The van der Waals surface area contributed by atoms with Crippen molar-refractivity contribution in [1.29, 1.82) is 0 Å². The van der Waals surface area contributed by atoms with Crippen LogP contribution in [0.3, 0.4) is 0 Å². The molecule has 1 fully saturated rings. The molecule has 31 heavy (non-hydrogen) atoms. The number of amides is 3. The summed E-state index contributed by atoms with van der Waals surface area (Å²) in [5, 5.41) is 2.67. The minimum absolute atomic E-state index is 0.0230. The Morgan fingerprint density at radius 3 is 2.19 bits per heavy atom. The summed E-state index contributed by atoms with van der Waals surface area (Å²) < 4.78 is 27.2. The summed E-state index contributed by atoms with van der Waals surface area (Å²) in [5.41, 5.74) is 0.585. The molecule has 0 unspecified atom stereocenters. The van der Waals surface area contributed by atoms with Gasteiger partial charge in [-0.3, -0.25) is 19.3 Å². The van der Waals surface area contributed by atoms with Gasteiger partial charge in [0.05, 0.1) is 26.7 Å². The van der Waals surface area contributed by atoms with Crippen LogP contribution in [-0.4, -0.2) is 55.0 Å². The van der Waals surface area contributed by atoms with E-state index in [-0.39, 0.29) is 26.7 Å². The number of piperidine rings is 1. The van der Waals surface area contributed by atoms with E-state index in [0.29, 0.717) is 13.1 Å². The van der Waals surface area contributed by atoms with Crippen molar-refractivity contribution in [1.82, 2.24) is 9.21 Å². The third-order valence-electron chi connectivity index (χ3n) is 5.34. The number of carbonyl (C=O) groups is 3. The van der Waals surface area contributed by atoms with E-state index in [1.165, 1.54) is 34.6 Å². The van der Waals surface area contributed by atoms with Crippen molar-refractivity contribution in [3.63, 3.8) is 0 Å². The smallest absolute Gasteiger partial charge is 0.262 e. The second-order valence-corrected chi connectivity index (χ2v) is 9.74. The predicted molar refractivity (Wildman–Crippen MR) is 115 cm³/mol. The van der Waals surface area contributed by atoms with Gasteiger partial charge in [-0.05, 0) is 43.2 Å². The highest BCUT2D eigenvalue weighted by molar-refractivity contribution is 7.89. The molecule has 0 saturated carbocycles. The van der Waals surface area contributed by atoms with E-state index < -0.39 is 34.3 Å². The molecule has 10 heteroatoms. The highest BCUT2D eigenvalue weighted by Gasteiger charge is 2.36. The Morgan fingerprint density at radius 1 is 0.968 bits per heavy atom. The van der Waals surface area contributed by atoms with Gasteiger partial charge in [0.15, 0.2) is 0 Å². The van der Waals surface area contributed by atoms with E-state index in [1.54, 1.807) is 12.1 Å². The standard InChI is InChI=1S/C21H20ClN3O5S/c22-17-9-8-14(31(29,30)24-10-4-1-5-11-24)12-18(17)23-19(26)13-25-20(27)15-6-2-3-7-16(15)21(25)28/h2-3,6-9,12H,1,4-5,10-11,13H2,(H,23,26). The third-order valence-corrected chi connectivity index (χ3v) is 7.57. The zero-order valence-corrected chi connectivity index (χ0v) is 18.1. The highest BCUT2D eigenvalue weighted by atomic mass is 35.5. The van der Waals surface area contributed by atoms with Crippen LogP contribution in [0.25, 0.3) is 0 Å². The molecule has 8 nitrogen and oxygen atoms in total. The van der Waals surface area contributed by atoms with Gasteiger partial charge in [-0.1, -0.05) is 30.2 Å². The largest absolute Gasteiger partial charge is 0.323 e. The van der Waals surface area contributed by atoms with Gasteiger partial charge in [-0.15, -0.1) is 0 Å². The van der Waals surface area contributed by atoms with Gasteiger partial charge < -0.3 is 5.32 Å². The van der Waals surface area contributed by atoms with Crippen LogP contribution in [0.1, 0.15) is 40.0 Å². The summed E-state index contributed by atoms with van der Waals surface area (Å²) in [6.45, 7) is 0.393. The fraction of sp³-hybridized carbons (Fsp3) is 0.286. The molecule has 0 spiro atoms. The molecule has 1 N–H and O–H groups in total. The maximum atomic E-state index is 12.9. The first-order chi connectivity index (χ1) is 14.8. The summed E-state index contributed by atoms with van der Waals surface area (Å²) in [4.78, 5) is 38.3. The summed E-state index contributed by atoms with van der Waals surface area (Å²) in [6, 6.07) is 10.4. The van der Waals surface area contributed by atoms with Crippen LogP contribution in [0.4, 0.5) is 5.69 Å². The highest BCUT2D eigenvalue weighted by Crippen LogP contribution is 2.29. The first-order valence-electron chi connectivity index (χ1n) is 9.84. The number of hydrogen-bond donors (Lipinski definition) is 1. The molecule has 2 aliphatic heterocycles. The maximum absolute atomic E-state index is 12.9. The zero-order valence-electron chi connectivity index (χ0n) is 16.5. The summed E-state index contributed by atoms with van der Waals surface area (Å²) in [7, 11) is -3.71. The number of nitrogens with one attached hydrogen (secondary N) is 1. The number of hydrogen-bond acceptors (Lipinski definition) is 5. The quantitative estimate of drug-likeness (QED) is 0.689. The van der Waals surface area contributed by atoms with Crippen LogP contribution < -0.4 is 5.32 Å². The second-order valence-electron chi connectivity index (χ2n) is 7.40. The molecule has 0 aliphatic carbocycles. The predicted octanol–water partition coefficient (Wildman–Crippen LogP) is 2.75. The van der Waals surface area contributed by atoms with E-state index in [4.69, 9.17) is 11.6 Å². The van der Waals surface area contributed by atoms with Crippen molar-refractivity contribution in [2.45, 2.75) is 24.2 Å². The Morgan fingerprint density at radius 2 is 1.58 bits per heavy atom. The minimum atomic E-state index is -3.71. The molecule has 0 aromatic heterocycles. The molecule has 0 bridgehead atoms. The molecule has 162 valence electrons. The number of carbonyl (C=O) groups excluding carboxylic acids is 3. The molecule has 0 atom stereocenters. The normalized spacial score (nSPS) is 17.0.